The Kier molecular flexibility index (Phi) is 5.34. The average molecular weight is 419 g/mol. The fourth-order valence-electron chi connectivity index (χ4n) is 4.23. The lowest BCUT2D eigenvalue weighted by atomic mass is 10.00. The SMILES string of the molecule is CC1(F)CCc2c(-c3ccc4c(c3)CCC4)nc(N3CCC3)nc21.CS(C)(N)O. The van der Waals surface area contributed by atoms with Gasteiger partial charge in [-0.2, -0.15) is 0 Å². The van der Waals surface area contributed by atoms with Crippen LogP contribution in [0.25, 0.3) is 11.3 Å². The van der Waals surface area contributed by atoms with E-state index < -0.39 is 16.2 Å². The van der Waals surface area contributed by atoms with Gasteiger partial charge in [-0.25, -0.2) is 14.4 Å². The molecule has 1 atom stereocenters. The molecule has 5 rings (SSSR count). The Morgan fingerprint density at radius 2 is 1.79 bits per heavy atom. The summed E-state index contributed by atoms with van der Waals surface area (Å²) in [6.45, 7) is 3.62. The molecule has 2 aliphatic carbocycles. The zero-order valence-corrected chi connectivity index (χ0v) is 18.4. The number of nitrogens with two attached hydrogens (primary N) is 1. The third-order valence-corrected chi connectivity index (χ3v) is 5.84. The number of fused-ring (bicyclic) bond motifs is 2. The molecule has 3 aliphatic rings. The zero-order valence-electron chi connectivity index (χ0n) is 17.5. The van der Waals surface area contributed by atoms with Crippen LogP contribution < -0.4 is 10.0 Å². The van der Waals surface area contributed by atoms with Crippen LogP contribution in [0.5, 0.6) is 0 Å². The van der Waals surface area contributed by atoms with Crippen molar-refractivity contribution in [1.82, 2.24) is 9.97 Å². The van der Waals surface area contributed by atoms with Crippen molar-refractivity contribution >= 4 is 16.4 Å². The van der Waals surface area contributed by atoms with Crippen molar-refractivity contribution in [3.63, 3.8) is 0 Å². The van der Waals surface area contributed by atoms with Gasteiger partial charge in [0.05, 0.1) is 11.4 Å². The lowest BCUT2D eigenvalue weighted by molar-refractivity contribution is 0.188. The van der Waals surface area contributed by atoms with Gasteiger partial charge in [0.1, 0.15) is 0 Å². The van der Waals surface area contributed by atoms with Gasteiger partial charge in [0.15, 0.2) is 5.67 Å². The minimum Gasteiger partial charge on any atom is -0.341 e. The van der Waals surface area contributed by atoms with Crippen molar-refractivity contribution in [3.05, 3.63) is 40.6 Å². The van der Waals surface area contributed by atoms with E-state index in [0.29, 0.717) is 18.1 Å². The van der Waals surface area contributed by atoms with Gasteiger partial charge in [0.2, 0.25) is 5.95 Å². The van der Waals surface area contributed by atoms with Crippen LogP contribution in [-0.4, -0.2) is 40.1 Å². The third-order valence-electron chi connectivity index (χ3n) is 5.84. The number of alkyl halides is 1. The Morgan fingerprint density at radius 1 is 1.10 bits per heavy atom. The highest BCUT2D eigenvalue weighted by Crippen LogP contribution is 2.43. The second-order valence-corrected chi connectivity index (χ2v) is 11.6. The van der Waals surface area contributed by atoms with E-state index in [1.165, 1.54) is 30.4 Å². The number of aromatic nitrogens is 2. The second-order valence-electron chi connectivity index (χ2n) is 8.92. The van der Waals surface area contributed by atoms with Gasteiger partial charge < -0.3 is 9.45 Å². The second kappa shape index (κ2) is 7.52. The predicted molar refractivity (Wildman–Crippen MR) is 119 cm³/mol. The van der Waals surface area contributed by atoms with Crippen LogP contribution in [0.2, 0.25) is 0 Å². The van der Waals surface area contributed by atoms with Crippen LogP contribution in [0.15, 0.2) is 18.2 Å². The molecule has 5 nitrogen and oxygen atoms in total. The number of rotatable bonds is 2. The summed E-state index contributed by atoms with van der Waals surface area (Å²) in [7, 11) is -1.67. The molecular formula is C22H31FN4OS. The monoisotopic (exact) mass is 418 g/mol. The molecule has 7 heteroatoms. The normalized spacial score (nSPS) is 23.0. The van der Waals surface area contributed by atoms with Crippen LogP contribution in [0.1, 0.15) is 48.6 Å². The van der Waals surface area contributed by atoms with Gasteiger partial charge in [-0.3, -0.25) is 5.14 Å². The fourth-order valence-corrected chi connectivity index (χ4v) is 4.23. The first-order chi connectivity index (χ1) is 13.6. The van der Waals surface area contributed by atoms with Crippen LogP contribution in [-0.2, 0) is 24.9 Å². The van der Waals surface area contributed by atoms with E-state index in [-0.39, 0.29) is 0 Å². The maximum Gasteiger partial charge on any atom is 0.226 e. The first-order valence-corrected chi connectivity index (χ1v) is 12.8. The topological polar surface area (TPSA) is 75.3 Å². The van der Waals surface area contributed by atoms with Crippen molar-refractivity contribution in [2.75, 3.05) is 30.5 Å². The molecule has 0 spiro atoms. The molecule has 0 radical (unpaired) electrons. The maximum atomic E-state index is 15.0. The Labute approximate surface area is 174 Å². The Balaban J connectivity index is 0.000000369. The quantitative estimate of drug-likeness (QED) is 0.757. The molecule has 0 bridgehead atoms. The molecule has 1 fully saturated rings. The molecule has 1 unspecified atom stereocenters. The van der Waals surface area contributed by atoms with E-state index >= 15 is 0 Å². The van der Waals surface area contributed by atoms with Crippen LogP contribution in [0.3, 0.4) is 0 Å². The highest BCUT2D eigenvalue weighted by atomic mass is 32.3. The van der Waals surface area contributed by atoms with E-state index in [1.54, 1.807) is 19.4 Å². The molecule has 1 aliphatic heterocycles. The van der Waals surface area contributed by atoms with Crippen LogP contribution >= 0.6 is 10.5 Å². The number of aryl methyl sites for hydroxylation is 2. The van der Waals surface area contributed by atoms with E-state index in [0.717, 1.165) is 42.8 Å². The summed E-state index contributed by atoms with van der Waals surface area (Å²) >= 11 is 0. The minimum absolute atomic E-state index is 0.512. The van der Waals surface area contributed by atoms with Gasteiger partial charge in [-0.05, 0) is 75.2 Å². The third kappa shape index (κ3) is 4.42. The van der Waals surface area contributed by atoms with Crippen molar-refractivity contribution in [3.8, 4) is 11.3 Å². The first kappa shape index (κ1) is 20.6. The van der Waals surface area contributed by atoms with Gasteiger partial charge >= 0.3 is 0 Å². The zero-order chi connectivity index (χ0) is 20.8. The predicted octanol–water partition coefficient (Wildman–Crippen LogP) is 4.37. The molecule has 2 aromatic rings. The average Bonchev–Trinajstić information content (AvgIpc) is 3.15. The van der Waals surface area contributed by atoms with Gasteiger partial charge in [0, 0.05) is 24.2 Å². The minimum atomic E-state index is -1.67. The Bertz CT molecular complexity index is 916. The smallest absolute Gasteiger partial charge is 0.226 e. The molecule has 0 amide bonds. The number of hydrogen-bond acceptors (Lipinski definition) is 5. The highest BCUT2D eigenvalue weighted by molar-refractivity contribution is 8.26. The number of anilines is 1. The van der Waals surface area contributed by atoms with Crippen LogP contribution in [0, 0.1) is 0 Å². The Morgan fingerprint density at radius 3 is 2.45 bits per heavy atom. The summed E-state index contributed by atoms with van der Waals surface area (Å²) in [6, 6.07) is 6.68. The van der Waals surface area contributed by atoms with Gasteiger partial charge in [0.25, 0.3) is 0 Å². The molecule has 29 heavy (non-hydrogen) atoms. The number of nitrogens with zero attached hydrogens (tertiary/aromatic N) is 3. The summed E-state index contributed by atoms with van der Waals surface area (Å²) in [5.74, 6) is 0.710. The van der Waals surface area contributed by atoms with Crippen LogP contribution in [0.4, 0.5) is 10.3 Å². The summed E-state index contributed by atoms with van der Waals surface area (Å²) < 4.78 is 23.4. The molecule has 1 aromatic heterocycles. The highest BCUT2D eigenvalue weighted by Gasteiger charge is 2.39. The maximum absolute atomic E-state index is 15.0. The number of benzene rings is 1. The molecular weight excluding hydrogens is 387 g/mol. The Hall–Kier alpha value is -1.70. The molecule has 0 saturated carbocycles. The summed E-state index contributed by atoms with van der Waals surface area (Å²) in [6.07, 6.45) is 9.19. The molecule has 3 N–H and O–H groups in total. The lowest BCUT2D eigenvalue weighted by Crippen LogP contribution is -2.38. The van der Waals surface area contributed by atoms with Crippen molar-refractivity contribution in [2.45, 2.75) is 51.1 Å². The molecule has 158 valence electrons. The van der Waals surface area contributed by atoms with Crippen molar-refractivity contribution in [2.24, 2.45) is 5.14 Å². The van der Waals surface area contributed by atoms with E-state index in [1.807, 2.05) is 0 Å². The van der Waals surface area contributed by atoms with E-state index in [2.05, 4.69) is 28.1 Å². The number of hydrogen-bond donors (Lipinski definition) is 2. The first-order valence-electron chi connectivity index (χ1n) is 10.3. The largest absolute Gasteiger partial charge is 0.341 e. The van der Waals surface area contributed by atoms with Gasteiger partial charge in [-0.1, -0.05) is 22.6 Å². The van der Waals surface area contributed by atoms with Crippen molar-refractivity contribution < 1.29 is 8.94 Å². The van der Waals surface area contributed by atoms with Crippen molar-refractivity contribution in [1.29, 1.82) is 0 Å². The summed E-state index contributed by atoms with van der Waals surface area (Å²) in [4.78, 5) is 11.7. The number of halogens is 1. The lowest BCUT2D eigenvalue weighted by Gasteiger charge is -2.32. The van der Waals surface area contributed by atoms with E-state index in [9.17, 15) is 4.39 Å². The fraction of sp³-hybridized carbons (Fsp3) is 0.545. The molecule has 2 heterocycles. The summed E-state index contributed by atoms with van der Waals surface area (Å²) in [5, 5.41) is 4.99. The van der Waals surface area contributed by atoms with Gasteiger partial charge in [-0.15, -0.1) is 0 Å². The molecule has 1 saturated heterocycles. The standard InChI is InChI=1S/C20H22FN3.C2H9NOS/c1-20(21)9-8-16-17(15-7-6-13-4-2-5-14(13)12-15)22-19(23-18(16)20)24-10-3-11-24;1-5(2,3)4/h6-7,12H,2-5,8-11H2,1H3;4H,3H2,1-2H3. The summed E-state index contributed by atoms with van der Waals surface area (Å²) in [5.41, 5.74) is 5.29. The van der Waals surface area contributed by atoms with E-state index in [4.69, 9.17) is 14.7 Å². The molecule has 1 aromatic carbocycles.